The lowest BCUT2D eigenvalue weighted by molar-refractivity contribution is 0.451. The van der Waals surface area contributed by atoms with Gasteiger partial charge in [-0.3, -0.25) is 4.90 Å². The summed E-state index contributed by atoms with van der Waals surface area (Å²) in [5.74, 6) is 2.99. The summed E-state index contributed by atoms with van der Waals surface area (Å²) in [5.41, 5.74) is 4.83. The Morgan fingerprint density at radius 3 is 2.38 bits per heavy atom. The molecular weight excluding hydrogens is 357 g/mol. The first-order valence-electron chi connectivity index (χ1n) is 10.1. The molecule has 4 aromatic rings. The molecule has 0 N–H and O–H groups in total. The van der Waals surface area contributed by atoms with Crippen LogP contribution >= 0.6 is 0 Å². The smallest absolute Gasteiger partial charge is 0.429 e. The van der Waals surface area contributed by atoms with Crippen molar-refractivity contribution in [3.05, 3.63) is 84.7 Å². The van der Waals surface area contributed by atoms with Crippen LogP contribution in [-0.2, 0) is 5.41 Å². The SMILES string of the molecule is CC(C)(C)c1cc2c3c(c1)N(c1ccccc1)c1cccn1B3n1cccc1O2. The van der Waals surface area contributed by atoms with Crippen molar-refractivity contribution in [1.29, 1.82) is 0 Å². The molecule has 0 saturated heterocycles. The van der Waals surface area contributed by atoms with E-state index in [2.05, 4.69) is 108 Å². The van der Waals surface area contributed by atoms with Gasteiger partial charge in [0, 0.05) is 11.2 Å². The van der Waals surface area contributed by atoms with E-state index in [4.69, 9.17) is 4.74 Å². The molecule has 0 radical (unpaired) electrons. The molecular formula is C24H22BN3O. The minimum Gasteiger partial charge on any atom is -0.442 e. The van der Waals surface area contributed by atoms with Gasteiger partial charge in [0.05, 0.1) is 5.69 Å². The van der Waals surface area contributed by atoms with Crippen LogP contribution in [0.4, 0.5) is 17.2 Å². The molecule has 0 bridgehead atoms. The van der Waals surface area contributed by atoms with Crippen molar-refractivity contribution >= 4 is 29.6 Å². The highest BCUT2D eigenvalue weighted by Gasteiger charge is 2.42. The van der Waals surface area contributed by atoms with Gasteiger partial charge in [0.1, 0.15) is 11.6 Å². The molecule has 29 heavy (non-hydrogen) atoms. The number of nitrogens with zero attached hydrogens (tertiary/aromatic N) is 3. The van der Waals surface area contributed by atoms with E-state index in [1.165, 1.54) is 16.7 Å². The number of ether oxygens (including phenoxy) is 1. The lowest BCUT2D eigenvalue weighted by Gasteiger charge is -2.40. The average molecular weight is 379 g/mol. The fourth-order valence-electron chi connectivity index (χ4n) is 4.52. The summed E-state index contributed by atoms with van der Waals surface area (Å²) in [6, 6.07) is 23.6. The Balaban J connectivity index is 1.70. The predicted molar refractivity (Wildman–Crippen MR) is 119 cm³/mol. The van der Waals surface area contributed by atoms with Crippen molar-refractivity contribution in [2.45, 2.75) is 26.2 Å². The molecule has 0 atom stereocenters. The molecule has 0 spiro atoms. The van der Waals surface area contributed by atoms with Crippen molar-refractivity contribution < 1.29 is 4.74 Å². The van der Waals surface area contributed by atoms with Gasteiger partial charge in [-0.05, 0) is 71.9 Å². The topological polar surface area (TPSA) is 22.3 Å². The number of fused-ring (bicyclic) bond motifs is 4. The highest BCUT2D eigenvalue weighted by molar-refractivity contribution is 6.74. The molecule has 0 fully saturated rings. The zero-order valence-electron chi connectivity index (χ0n) is 16.8. The van der Waals surface area contributed by atoms with Crippen LogP contribution in [0.2, 0.25) is 0 Å². The maximum atomic E-state index is 6.40. The number of para-hydroxylation sites is 1. The standard InChI is InChI=1S/C24H22BN3O/c1-24(2,3)17-15-19-23-20(16-17)29-22-12-8-14-27(22)25(23)26-13-7-11-21(26)28(19)18-9-5-4-6-10-18/h4-16H,1-3H3. The van der Waals surface area contributed by atoms with E-state index in [0.717, 1.165) is 23.1 Å². The fraction of sp³-hybridized carbons (Fsp3) is 0.167. The second kappa shape index (κ2) is 5.60. The number of aromatic nitrogens is 2. The number of anilines is 3. The summed E-state index contributed by atoms with van der Waals surface area (Å²) in [7, 11) is 0. The summed E-state index contributed by atoms with van der Waals surface area (Å²) in [5, 5.41) is 0. The van der Waals surface area contributed by atoms with Gasteiger partial charge in [-0.2, -0.15) is 0 Å². The molecule has 142 valence electrons. The van der Waals surface area contributed by atoms with Crippen LogP contribution < -0.4 is 15.1 Å². The Hall–Kier alpha value is -3.34. The van der Waals surface area contributed by atoms with E-state index in [0.29, 0.717) is 0 Å². The Morgan fingerprint density at radius 1 is 0.828 bits per heavy atom. The number of rotatable bonds is 1. The Kier molecular flexibility index (Phi) is 3.21. The van der Waals surface area contributed by atoms with Crippen LogP contribution in [0, 0.1) is 0 Å². The molecule has 5 heteroatoms. The molecule has 6 rings (SSSR count). The minimum absolute atomic E-state index is 0.0195. The van der Waals surface area contributed by atoms with Crippen molar-refractivity contribution in [2.75, 3.05) is 4.90 Å². The monoisotopic (exact) mass is 379 g/mol. The molecule has 4 heterocycles. The van der Waals surface area contributed by atoms with Gasteiger partial charge in [-0.15, -0.1) is 0 Å². The molecule has 0 saturated carbocycles. The minimum atomic E-state index is 0.0195. The Bertz CT molecular complexity index is 1230. The third-order valence-corrected chi connectivity index (χ3v) is 5.97. The zero-order valence-corrected chi connectivity index (χ0v) is 16.8. The normalized spacial score (nSPS) is 14.2. The molecule has 2 aromatic carbocycles. The summed E-state index contributed by atoms with van der Waals surface area (Å²) in [6.45, 7) is 6.81. The lowest BCUT2D eigenvalue weighted by atomic mass is 9.63. The first-order chi connectivity index (χ1) is 14.0. The van der Waals surface area contributed by atoms with Crippen LogP contribution in [0.5, 0.6) is 11.6 Å². The van der Waals surface area contributed by atoms with Gasteiger partial charge in [0.25, 0.3) is 0 Å². The van der Waals surface area contributed by atoms with Crippen LogP contribution in [0.15, 0.2) is 79.1 Å². The summed E-state index contributed by atoms with van der Waals surface area (Å²) in [6.07, 6.45) is 4.27. The van der Waals surface area contributed by atoms with E-state index in [9.17, 15) is 0 Å². The van der Waals surface area contributed by atoms with Crippen LogP contribution in [0.25, 0.3) is 0 Å². The molecule has 2 aliphatic heterocycles. The van der Waals surface area contributed by atoms with Crippen molar-refractivity contribution in [3.8, 4) is 11.6 Å². The van der Waals surface area contributed by atoms with Gasteiger partial charge in [-0.25, -0.2) is 0 Å². The molecule has 0 aliphatic carbocycles. The maximum Gasteiger partial charge on any atom is 0.429 e. The van der Waals surface area contributed by atoms with Gasteiger partial charge >= 0.3 is 6.98 Å². The second-order valence-corrected chi connectivity index (χ2v) is 8.83. The maximum absolute atomic E-state index is 6.40. The highest BCUT2D eigenvalue weighted by atomic mass is 16.5. The van der Waals surface area contributed by atoms with E-state index >= 15 is 0 Å². The summed E-state index contributed by atoms with van der Waals surface area (Å²) >= 11 is 0. The van der Waals surface area contributed by atoms with E-state index < -0.39 is 0 Å². The van der Waals surface area contributed by atoms with Crippen LogP contribution in [-0.4, -0.2) is 15.9 Å². The van der Waals surface area contributed by atoms with Gasteiger partial charge < -0.3 is 13.7 Å². The van der Waals surface area contributed by atoms with Crippen molar-refractivity contribution in [3.63, 3.8) is 0 Å². The largest absolute Gasteiger partial charge is 0.442 e. The number of benzene rings is 2. The first-order valence-corrected chi connectivity index (χ1v) is 10.1. The zero-order chi connectivity index (χ0) is 19.8. The van der Waals surface area contributed by atoms with Gasteiger partial charge in [0.2, 0.25) is 0 Å². The summed E-state index contributed by atoms with van der Waals surface area (Å²) in [4.78, 5) is 2.35. The van der Waals surface area contributed by atoms with E-state index in [1.807, 2.05) is 6.07 Å². The van der Waals surface area contributed by atoms with Crippen LogP contribution in [0.1, 0.15) is 26.3 Å². The summed E-state index contributed by atoms with van der Waals surface area (Å²) < 4.78 is 11.0. The fourth-order valence-corrected chi connectivity index (χ4v) is 4.52. The molecule has 4 nitrogen and oxygen atoms in total. The quantitative estimate of drug-likeness (QED) is 0.363. The first kappa shape index (κ1) is 16.6. The van der Waals surface area contributed by atoms with Crippen molar-refractivity contribution in [1.82, 2.24) is 8.96 Å². The lowest BCUT2D eigenvalue weighted by Crippen LogP contribution is -2.53. The van der Waals surface area contributed by atoms with Crippen molar-refractivity contribution in [2.24, 2.45) is 0 Å². The third-order valence-electron chi connectivity index (χ3n) is 5.97. The Morgan fingerprint density at radius 2 is 1.59 bits per heavy atom. The molecule has 0 amide bonds. The second-order valence-electron chi connectivity index (χ2n) is 8.83. The molecule has 2 aliphatic rings. The Labute approximate surface area is 171 Å². The van der Waals surface area contributed by atoms with E-state index in [1.54, 1.807) is 0 Å². The van der Waals surface area contributed by atoms with Crippen LogP contribution in [0.3, 0.4) is 0 Å². The average Bonchev–Trinajstić information content (AvgIpc) is 3.36. The number of hydrogen-bond acceptors (Lipinski definition) is 2. The number of hydrogen-bond donors (Lipinski definition) is 0. The highest BCUT2D eigenvalue weighted by Crippen LogP contribution is 2.44. The molecule has 2 aromatic heterocycles. The predicted octanol–water partition coefficient (Wildman–Crippen LogP) is 5.27. The molecule has 0 unspecified atom stereocenters. The van der Waals surface area contributed by atoms with E-state index in [-0.39, 0.29) is 12.4 Å². The van der Waals surface area contributed by atoms with Gasteiger partial charge in [0.15, 0.2) is 5.88 Å². The third kappa shape index (κ3) is 2.27. The van der Waals surface area contributed by atoms with Gasteiger partial charge in [-0.1, -0.05) is 39.0 Å².